The summed E-state index contributed by atoms with van der Waals surface area (Å²) in [6.45, 7) is 1.05. The fraction of sp³-hybridized carbons (Fsp3) is 0.562. The van der Waals surface area contributed by atoms with E-state index in [4.69, 9.17) is 5.73 Å². The maximum Gasteiger partial charge on any atom is 0.191 e. The van der Waals surface area contributed by atoms with Gasteiger partial charge in [0.05, 0.1) is 12.1 Å². The normalized spacial score (nSPS) is 26.1. The Kier molecular flexibility index (Phi) is 3.72. The quantitative estimate of drug-likeness (QED) is 0.900. The smallest absolute Gasteiger partial charge is 0.191 e. The van der Waals surface area contributed by atoms with Crippen LogP contribution in [0, 0.1) is 0 Å². The van der Waals surface area contributed by atoms with Gasteiger partial charge in [0.2, 0.25) is 0 Å². The summed E-state index contributed by atoms with van der Waals surface area (Å²) in [5.41, 5.74) is 7.51. The summed E-state index contributed by atoms with van der Waals surface area (Å²) in [6, 6.07) is 11.8. The van der Waals surface area contributed by atoms with E-state index in [0.717, 1.165) is 25.3 Å². The predicted molar refractivity (Wildman–Crippen MR) is 79.1 cm³/mol. The molecule has 0 saturated heterocycles. The highest BCUT2D eigenvalue weighted by Crippen LogP contribution is 2.29. The summed E-state index contributed by atoms with van der Waals surface area (Å²) in [5, 5.41) is 0. The van der Waals surface area contributed by atoms with E-state index >= 15 is 0 Å². The lowest BCUT2D eigenvalue weighted by Crippen LogP contribution is -2.44. The molecule has 1 aliphatic carbocycles. The van der Waals surface area contributed by atoms with Crippen LogP contribution < -0.4 is 5.73 Å². The minimum absolute atomic E-state index is 0.477. The summed E-state index contributed by atoms with van der Waals surface area (Å²) >= 11 is 0. The second-order valence-electron chi connectivity index (χ2n) is 5.69. The fourth-order valence-electron chi connectivity index (χ4n) is 3.40. The summed E-state index contributed by atoms with van der Waals surface area (Å²) in [6.07, 6.45) is 7.42. The van der Waals surface area contributed by atoms with Gasteiger partial charge in [0.1, 0.15) is 0 Å². The van der Waals surface area contributed by atoms with Gasteiger partial charge >= 0.3 is 0 Å². The van der Waals surface area contributed by atoms with Crippen molar-refractivity contribution >= 4 is 5.96 Å². The van der Waals surface area contributed by atoms with Gasteiger partial charge < -0.3 is 10.6 Å². The Bertz CT molecular complexity index is 441. The number of guanidine groups is 1. The Labute approximate surface area is 115 Å². The maximum absolute atomic E-state index is 6.09. The highest BCUT2D eigenvalue weighted by Gasteiger charge is 2.35. The first kappa shape index (κ1) is 12.5. The number of fused-ring (bicyclic) bond motifs is 1. The molecule has 102 valence electrons. The van der Waals surface area contributed by atoms with Crippen molar-refractivity contribution in [2.45, 2.75) is 50.6 Å². The molecule has 1 aromatic rings. The van der Waals surface area contributed by atoms with Gasteiger partial charge in [-0.05, 0) is 31.2 Å². The topological polar surface area (TPSA) is 41.6 Å². The Morgan fingerprint density at radius 2 is 1.95 bits per heavy atom. The molecule has 2 atom stereocenters. The molecule has 1 saturated carbocycles. The van der Waals surface area contributed by atoms with Gasteiger partial charge in [-0.2, -0.15) is 0 Å². The average molecular weight is 257 g/mol. The molecule has 19 heavy (non-hydrogen) atoms. The Balaban J connectivity index is 1.53. The van der Waals surface area contributed by atoms with Gasteiger partial charge in [-0.1, -0.05) is 43.2 Å². The first-order chi connectivity index (χ1) is 9.34. The predicted octanol–water partition coefficient (Wildman–Crippen LogP) is 2.56. The summed E-state index contributed by atoms with van der Waals surface area (Å²) < 4.78 is 0. The maximum atomic E-state index is 6.09. The van der Waals surface area contributed by atoms with Crippen LogP contribution in [0.4, 0.5) is 0 Å². The number of benzene rings is 1. The highest BCUT2D eigenvalue weighted by molar-refractivity contribution is 5.80. The van der Waals surface area contributed by atoms with Crippen molar-refractivity contribution in [1.29, 1.82) is 0 Å². The van der Waals surface area contributed by atoms with Gasteiger partial charge in [0.25, 0.3) is 0 Å². The number of hydrogen-bond acceptors (Lipinski definition) is 3. The third-order valence-corrected chi connectivity index (χ3v) is 4.39. The van der Waals surface area contributed by atoms with Crippen LogP contribution in [0.3, 0.4) is 0 Å². The van der Waals surface area contributed by atoms with Crippen LogP contribution in [0.25, 0.3) is 0 Å². The van der Waals surface area contributed by atoms with Crippen LogP contribution in [-0.2, 0) is 6.42 Å². The molecule has 2 aliphatic rings. The molecular formula is C16H23N3. The number of aryl methyl sites for hydroxylation is 1. The van der Waals surface area contributed by atoms with Crippen LogP contribution in [0.2, 0.25) is 0 Å². The molecule has 3 rings (SSSR count). The zero-order valence-corrected chi connectivity index (χ0v) is 11.5. The van der Waals surface area contributed by atoms with Gasteiger partial charge in [0, 0.05) is 6.54 Å². The van der Waals surface area contributed by atoms with E-state index in [9.17, 15) is 0 Å². The minimum atomic E-state index is 0.477. The van der Waals surface area contributed by atoms with Crippen LogP contribution >= 0.6 is 0 Å². The van der Waals surface area contributed by atoms with Crippen LogP contribution in [0.5, 0.6) is 0 Å². The first-order valence-electron chi connectivity index (χ1n) is 7.48. The van der Waals surface area contributed by atoms with Crippen molar-refractivity contribution in [2.75, 3.05) is 6.54 Å². The second-order valence-corrected chi connectivity index (χ2v) is 5.69. The molecule has 3 nitrogen and oxygen atoms in total. The monoisotopic (exact) mass is 257 g/mol. The molecule has 0 spiro atoms. The van der Waals surface area contributed by atoms with Crippen LogP contribution in [0.15, 0.2) is 35.3 Å². The Morgan fingerprint density at radius 1 is 1.16 bits per heavy atom. The molecule has 0 amide bonds. The molecule has 1 heterocycles. The number of hydrogen-bond donors (Lipinski definition) is 1. The summed E-state index contributed by atoms with van der Waals surface area (Å²) in [5.74, 6) is 0.782. The van der Waals surface area contributed by atoms with Crippen molar-refractivity contribution in [3.8, 4) is 0 Å². The van der Waals surface area contributed by atoms with Crippen molar-refractivity contribution in [2.24, 2.45) is 10.7 Å². The van der Waals surface area contributed by atoms with E-state index in [1.165, 1.54) is 31.2 Å². The van der Waals surface area contributed by atoms with Crippen molar-refractivity contribution in [3.63, 3.8) is 0 Å². The molecular weight excluding hydrogens is 234 g/mol. The van der Waals surface area contributed by atoms with Crippen molar-refractivity contribution < 1.29 is 0 Å². The molecule has 1 aromatic carbocycles. The zero-order valence-electron chi connectivity index (χ0n) is 11.5. The van der Waals surface area contributed by atoms with E-state index < -0.39 is 0 Å². The number of rotatable bonds is 4. The summed E-state index contributed by atoms with van der Waals surface area (Å²) in [7, 11) is 0. The Hall–Kier alpha value is -1.51. The SMILES string of the molecule is NC1=NC2CCCCC2N1CCCc1ccccc1. The van der Waals surface area contributed by atoms with Crippen molar-refractivity contribution in [1.82, 2.24) is 4.90 Å². The molecule has 0 aromatic heterocycles. The number of nitrogens with zero attached hydrogens (tertiary/aromatic N) is 2. The minimum Gasteiger partial charge on any atom is -0.370 e. The lowest BCUT2D eigenvalue weighted by atomic mass is 9.91. The van der Waals surface area contributed by atoms with E-state index in [0.29, 0.717) is 12.1 Å². The molecule has 0 radical (unpaired) electrons. The molecule has 1 aliphatic heterocycles. The highest BCUT2D eigenvalue weighted by atomic mass is 15.3. The fourth-order valence-corrected chi connectivity index (χ4v) is 3.40. The van der Waals surface area contributed by atoms with Crippen molar-refractivity contribution in [3.05, 3.63) is 35.9 Å². The van der Waals surface area contributed by atoms with Crippen LogP contribution in [-0.4, -0.2) is 29.5 Å². The van der Waals surface area contributed by atoms with Crippen LogP contribution in [0.1, 0.15) is 37.7 Å². The molecule has 3 heteroatoms. The first-order valence-corrected chi connectivity index (χ1v) is 7.48. The molecule has 2 unspecified atom stereocenters. The van der Waals surface area contributed by atoms with Gasteiger partial charge in [0.15, 0.2) is 5.96 Å². The number of nitrogens with two attached hydrogens (primary N) is 1. The van der Waals surface area contributed by atoms with Gasteiger partial charge in [-0.3, -0.25) is 0 Å². The Morgan fingerprint density at radius 3 is 2.79 bits per heavy atom. The standard InChI is InChI=1S/C16H23N3/c17-16-18-14-10-4-5-11-15(14)19(16)12-6-9-13-7-2-1-3-8-13/h1-3,7-8,14-15H,4-6,9-12H2,(H2,17,18). The molecule has 1 fully saturated rings. The van der Waals surface area contributed by atoms with E-state index in [1.54, 1.807) is 0 Å². The molecule has 2 N–H and O–H groups in total. The van der Waals surface area contributed by atoms with Gasteiger partial charge in [-0.25, -0.2) is 4.99 Å². The van der Waals surface area contributed by atoms with E-state index in [1.807, 2.05) is 0 Å². The third-order valence-electron chi connectivity index (χ3n) is 4.39. The lowest BCUT2D eigenvalue weighted by molar-refractivity contribution is 0.242. The molecule has 0 bridgehead atoms. The second kappa shape index (κ2) is 5.64. The van der Waals surface area contributed by atoms with E-state index in [2.05, 4.69) is 40.2 Å². The lowest BCUT2D eigenvalue weighted by Gasteiger charge is -2.32. The van der Waals surface area contributed by atoms with Gasteiger partial charge in [-0.15, -0.1) is 0 Å². The zero-order chi connectivity index (χ0) is 13.1. The number of aliphatic imine (C=N–C) groups is 1. The van der Waals surface area contributed by atoms with E-state index in [-0.39, 0.29) is 0 Å². The summed E-state index contributed by atoms with van der Waals surface area (Å²) in [4.78, 5) is 6.99. The average Bonchev–Trinajstić information content (AvgIpc) is 2.76. The third kappa shape index (κ3) is 2.75. The largest absolute Gasteiger partial charge is 0.370 e.